The third-order valence-corrected chi connectivity index (χ3v) is 6.15. The van der Waals surface area contributed by atoms with Gasteiger partial charge < -0.3 is 15.0 Å². The molecule has 8 nitrogen and oxygen atoms in total. The smallest absolute Gasteiger partial charge is 0.390 e. The van der Waals surface area contributed by atoms with E-state index in [9.17, 15) is 14.9 Å². The number of hydrogen-bond acceptors (Lipinski definition) is 5. The maximum atomic E-state index is 12.5. The van der Waals surface area contributed by atoms with Crippen LogP contribution in [0, 0.1) is 33.3 Å². The first-order valence-electron chi connectivity index (χ1n) is 8.70. The number of carbonyl (C=O) groups excluding carboxylic acids is 1. The highest BCUT2D eigenvalue weighted by atomic mass is 16.6. The third kappa shape index (κ3) is 2.78. The maximum Gasteiger partial charge on any atom is 0.490 e. The Bertz CT molecular complexity index is 635. The average Bonchev–Trinajstić information content (AvgIpc) is 2.94. The van der Waals surface area contributed by atoms with E-state index in [0.29, 0.717) is 5.41 Å². The molecule has 0 atom stereocenters. The fourth-order valence-electron chi connectivity index (χ4n) is 5.78. The van der Waals surface area contributed by atoms with Crippen LogP contribution in [-0.2, 0) is 11.3 Å². The lowest BCUT2D eigenvalue weighted by atomic mass is 9.49. The van der Waals surface area contributed by atoms with E-state index in [1.165, 1.54) is 49.5 Å². The topological polar surface area (TPSA) is 94.2 Å². The molecule has 0 unspecified atom stereocenters. The predicted octanol–water partition coefficient (Wildman–Crippen LogP) is 1.86. The summed E-state index contributed by atoms with van der Waals surface area (Å²) in [5.41, 5.74) is 0.299. The molecule has 24 heavy (non-hydrogen) atoms. The zero-order valence-corrected chi connectivity index (χ0v) is 13.9. The summed E-state index contributed by atoms with van der Waals surface area (Å²) >= 11 is 0. The largest absolute Gasteiger partial charge is 0.490 e. The molecule has 0 N–H and O–H groups in total. The third-order valence-electron chi connectivity index (χ3n) is 6.15. The highest BCUT2D eigenvalue weighted by Crippen LogP contribution is 2.60. The molecule has 1 aromatic rings. The minimum atomic E-state index is -0.653. The summed E-state index contributed by atoms with van der Waals surface area (Å²) < 4.78 is 1.25. The minimum Gasteiger partial charge on any atom is -0.390 e. The molecule has 0 saturated heterocycles. The van der Waals surface area contributed by atoms with Gasteiger partial charge in [0.05, 0.1) is 0 Å². The number of hydrogen-bond donors (Lipinski definition) is 0. The van der Waals surface area contributed by atoms with Crippen molar-refractivity contribution in [3.63, 3.8) is 0 Å². The molecular weight excluding hydrogens is 310 g/mol. The van der Waals surface area contributed by atoms with Crippen molar-refractivity contribution in [1.82, 2.24) is 19.7 Å². The first kappa shape index (κ1) is 15.5. The van der Waals surface area contributed by atoms with Gasteiger partial charge in [0, 0.05) is 18.7 Å². The van der Waals surface area contributed by atoms with Gasteiger partial charge in [-0.2, -0.15) is 4.68 Å². The van der Waals surface area contributed by atoms with Crippen LogP contribution in [0.2, 0.25) is 0 Å². The van der Waals surface area contributed by atoms with Crippen LogP contribution in [0.5, 0.6) is 0 Å². The van der Waals surface area contributed by atoms with Crippen molar-refractivity contribution >= 4 is 11.9 Å². The van der Waals surface area contributed by atoms with Crippen LogP contribution < -0.4 is 0 Å². The quantitative estimate of drug-likeness (QED) is 0.605. The van der Waals surface area contributed by atoms with Crippen molar-refractivity contribution in [2.45, 2.75) is 45.1 Å². The van der Waals surface area contributed by atoms with Crippen molar-refractivity contribution < 1.29 is 9.72 Å². The molecular formula is C16H23N5O3. The molecule has 130 valence electrons. The highest BCUT2D eigenvalue weighted by Gasteiger charge is 2.51. The second-order valence-corrected chi connectivity index (χ2v) is 8.17. The van der Waals surface area contributed by atoms with Gasteiger partial charge in [0.2, 0.25) is 12.2 Å². The van der Waals surface area contributed by atoms with Crippen molar-refractivity contribution in [2.75, 3.05) is 13.6 Å². The van der Waals surface area contributed by atoms with Gasteiger partial charge in [-0.05, 0) is 66.6 Å². The van der Waals surface area contributed by atoms with Crippen LogP contribution >= 0.6 is 0 Å². The zero-order chi connectivity index (χ0) is 16.9. The van der Waals surface area contributed by atoms with Crippen molar-refractivity contribution in [1.29, 1.82) is 0 Å². The second-order valence-electron chi connectivity index (χ2n) is 8.17. The molecule has 0 radical (unpaired) electrons. The maximum absolute atomic E-state index is 12.5. The van der Waals surface area contributed by atoms with Crippen molar-refractivity contribution in [3.05, 3.63) is 16.4 Å². The van der Waals surface area contributed by atoms with Crippen LogP contribution in [0.15, 0.2) is 6.33 Å². The Labute approximate surface area is 140 Å². The number of likely N-dealkylation sites (N-methyl/N-ethyl adjacent to an activating group) is 1. The lowest BCUT2D eigenvalue weighted by Crippen LogP contribution is -2.51. The minimum absolute atomic E-state index is 0.00368. The molecule has 1 aromatic heterocycles. The predicted molar refractivity (Wildman–Crippen MR) is 84.9 cm³/mol. The molecule has 1 heterocycles. The van der Waals surface area contributed by atoms with Gasteiger partial charge in [0.15, 0.2) is 0 Å². The lowest BCUT2D eigenvalue weighted by molar-refractivity contribution is -0.394. The fourth-order valence-corrected chi connectivity index (χ4v) is 5.78. The molecule has 0 aliphatic heterocycles. The molecule has 4 bridgehead atoms. The van der Waals surface area contributed by atoms with Crippen LogP contribution in [0.25, 0.3) is 0 Å². The van der Waals surface area contributed by atoms with E-state index in [2.05, 4.69) is 10.1 Å². The Balaban J connectivity index is 1.39. The molecule has 4 fully saturated rings. The first-order chi connectivity index (χ1) is 11.4. The van der Waals surface area contributed by atoms with Crippen LogP contribution in [-0.4, -0.2) is 44.1 Å². The normalized spacial score (nSPS) is 33.6. The Morgan fingerprint density at radius 1 is 1.33 bits per heavy atom. The van der Waals surface area contributed by atoms with Crippen LogP contribution in [0.1, 0.15) is 38.5 Å². The molecule has 4 aliphatic rings. The Morgan fingerprint density at radius 3 is 2.42 bits per heavy atom. The van der Waals surface area contributed by atoms with Crippen LogP contribution in [0.3, 0.4) is 0 Å². The van der Waals surface area contributed by atoms with E-state index in [4.69, 9.17) is 0 Å². The van der Waals surface area contributed by atoms with Gasteiger partial charge in [0.1, 0.15) is 6.54 Å². The second kappa shape index (κ2) is 5.53. The molecule has 0 spiro atoms. The number of amides is 1. The van der Waals surface area contributed by atoms with Gasteiger partial charge in [-0.3, -0.25) is 4.79 Å². The monoisotopic (exact) mass is 333 g/mol. The molecule has 1 amide bonds. The van der Waals surface area contributed by atoms with Gasteiger partial charge in [-0.25, -0.2) is 0 Å². The fraction of sp³-hybridized carbons (Fsp3) is 0.812. The van der Waals surface area contributed by atoms with E-state index in [1.807, 2.05) is 7.05 Å². The number of nitrogens with zero attached hydrogens (tertiary/aromatic N) is 5. The summed E-state index contributed by atoms with van der Waals surface area (Å²) in [5, 5.41) is 14.3. The van der Waals surface area contributed by atoms with Gasteiger partial charge in [-0.1, -0.05) is 4.98 Å². The molecule has 4 aliphatic carbocycles. The number of rotatable bonds is 5. The Hall–Kier alpha value is -1.99. The van der Waals surface area contributed by atoms with E-state index in [1.54, 1.807) is 4.90 Å². The Morgan fingerprint density at radius 2 is 1.92 bits per heavy atom. The van der Waals surface area contributed by atoms with Gasteiger partial charge in [-0.15, -0.1) is 0 Å². The summed E-state index contributed by atoms with van der Waals surface area (Å²) in [6, 6.07) is 0. The summed E-state index contributed by atoms with van der Waals surface area (Å²) in [6.07, 6.45) is 9.18. The summed E-state index contributed by atoms with van der Waals surface area (Å²) in [7, 11) is 1.84. The first-order valence-corrected chi connectivity index (χ1v) is 8.70. The Kier molecular flexibility index (Phi) is 3.58. The molecule has 8 heteroatoms. The van der Waals surface area contributed by atoms with Crippen molar-refractivity contribution in [3.8, 4) is 0 Å². The average molecular weight is 333 g/mol. The van der Waals surface area contributed by atoms with E-state index >= 15 is 0 Å². The van der Waals surface area contributed by atoms with E-state index < -0.39 is 10.9 Å². The number of carbonyl (C=O) groups is 1. The van der Waals surface area contributed by atoms with Crippen molar-refractivity contribution in [2.24, 2.45) is 23.2 Å². The van der Waals surface area contributed by atoms with E-state index in [-0.39, 0.29) is 12.5 Å². The summed E-state index contributed by atoms with van der Waals surface area (Å²) in [4.78, 5) is 27.8. The number of nitro groups is 1. The molecule has 0 aromatic carbocycles. The summed E-state index contributed by atoms with van der Waals surface area (Å²) in [6.45, 7) is 0.801. The van der Waals surface area contributed by atoms with Gasteiger partial charge >= 0.3 is 5.95 Å². The van der Waals surface area contributed by atoms with Crippen LogP contribution in [0.4, 0.5) is 5.95 Å². The summed E-state index contributed by atoms with van der Waals surface area (Å²) in [5.74, 6) is 2.05. The molecule has 4 saturated carbocycles. The van der Waals surface area contributed by atoms with E-state index in [0.717, 1.165) is 24.3 Å². The zero-order valence-electron chi connectivity index (χ0n) is 13.9. The van der Waals surface area contributed by atoms with Gasteiger partial charge in [0.25, 0.3) is 0 Å². The highest BCUT2D eigenvalue weighted by molar-refractivity contribution is 5.75. The standard InChI is InChI=1S/C16H23N5O3/c1-19(14(22)8-20-10-17-15(18-20)21(23)24)9-16-5-11-2-12(6-16)4-13(3-11)7-16/h10-13H,2-9H2,1H3. The molecule has 5 rings (SSSR count). The lowest BCUT2D eigenvalue weighted by Gasteiger charge is -2.57. The SMILES string of the molecule is CN(CC12CC3CC(CC(C3)C1)C2)C(=O)Cn1cnc([N+](=O)[O-])n1. The number of aromatic nitrogens is 3.